The van der Waals surface area contributed by atoms with E-state index in [2.05, 4.69) is 20.8 Å². The summed E-state index contributed by atoms with van der Waals surface area (Å²) in [7, 11) is 0. The molecule has 15 heavy (non-hydrogen) atoms. The lowest BCUT2D eigenvalue weighted by molar-refractivity contribution is -0.133. The topological polar surface area (TPSA) is 37.3 Å². The molecular weight excluding hydrogens is 208 g/mol. The van der Waals surface area contributed by atoms with Crippen LogP contribution in [-0.2, 0) is 4.79 Å². The van der Waals surface area contributed by atoms with Gasteiger partial charge in [0.25, 0.3) is 0 Å². The molecule has 1 aliphatic rings. The van der Waals surface area contributed by atoms with Gasteiger partial charge in [-0.3, -0.25) is 4.79 Å². The molecule has 0 bridgehead atoms. The summed E-state index contributed by atoms with van der Waals surface area (Å²) in [5.41, 5.74) is 0. The zero-order valence-electron chi connectivity index (χ0n) is 9.90. The number of carboxylic acids is 1. The van der Waals surface area contributed by atoms with Gasteiger partial charge in [0.15, 0.2) is 0 Å². The third-order valence-corrected chi connectivity index (χ3v) is 4.77. The first-order chi connectivity index (χ1) is 7.00. The van der Waals surface area contributed by atoms with Crippen molar-refractivity contribution in [2.75, 3.05) is 5.75 Å². The van der Waals surface area contributed by atoms with Crippen molar-refractivity contribution in [3.05, 3.63) is 0 Å². The molecule has 0 aromatic rings. The molecule has 3 heteroatoms. The van der Waals surface area contributed by atoms with Crippen molar-refractivity contribution in [1.29, 1.82) is 0 Å². The van der Waals surface area contributed by atoms with E-state index >= 15 is 0 Å². The van der Waals surface area contributed by atoms with Crippen LogP contribution in [0.2, 0.25) is 0 Å². The molecule has 1 N–H and O–H groups in total. The Hall–Kier alpha value is -0.180. The van der Waals surface area contributed by atoms with E-state index in [1.807, 2.05) is 0 Å². The van der Waals surface area contributed by atoms with Gasteiger partial charge < -0.3 is 5.11 Å². The Balaban J connectivity index is 2.50. The summed E-state index contributed by atoms with van der Waals surface area (Å²) in [6.07, 6.45) is 3.78. The van der Waals surface area contributed by atoms with Crippen LogP contribution in [0.25, 0.3) is 0 Å². The zero-order valence-corrected chi connectivity index (χ0v) is 10.7. The van der Waals surface area contributed by atoms with Crippen LogP contribution in [0, 0.1) is 17.8 Å². The first kappa shape index (κ1) is 12.9. The number of hydrogen-bond donors (Lipinski definition) is 1. The van der Waals surface area contributed by atoms with Gasteiger partial charge in [-0.15, -0.1) is 11.8 Å². The number of carbonyl (C=O) groups is 1. The summed E-state index contributed by atoms with van der Waals surface area (Å²) in [4.78, 5) is 10.6. The molecule has 3 atom stereocenters. The lowest BCUT2D eigenvalue weighted by atomic mass is 9.77. The van der Waals surface area contributed by atoms with Crippen molar-refractivity contribution in [1.82, 2.24) is 0 Å². The van der Waals surface area contributed by atoms with Crippen molar-refractivity contribution in [2.45, 2.75) is 45.3 Å². The predicted octanol–water partition coefficient (Wildman–Crippen LogP) is 3.27. The average molecular weight is 230 g/mol. The highest BCUT2D eigenvalue weighted by Gasteiger charge is 2.31. The molecule has 2 nitrogen and oxygen atoms in total. The summed E-state index contributed by atoms with van der Waals surface area (Å²) < 4.78 is 0. The Kier molecular flexibility index (Phi) is 4.97. The van der Waals surface area contributed by atoms with Gasteiger partial charge in [-0.25, -0.2) is 0 Å². The number of thioether (sulfide) groups is 1. The molecule has 0 spiro atoms. The van der Waals surface area contributed by atoms with Gasteiger partial charge in [0.1, 0.15) is 0 Å². The fourth-order valence-electron chi connectivity index (χ4n) is 2.48. The minimum absolute atomic E-state index is 0.264. The maximum Gasteiger partial charge on any atom is 0.313 e. The van der Waals surface area contributed by atoms with E-state index in [0.717, 1.165) is 5.92 Å². The highest BCUT2D eigenvalue weighted by molar-refractivity contribution is 8.00. The van der Waals surface area contributed by atoms with E-state index in [-0.39, 0.29) is 5.75 Å². The van der Waals surface area contributed by atoms with Crippen molar-refractivity contribution >= 4 is 17.7 Å². The molecule has 1 rings (SSSR count). The van der Waals surface area contributed by atoms with Crippen LogP contribution in [0.3, 0.4) is 0 Å². The van der Waals surface area contributed by atoms with Gasteiger partial charge in [0.05, 0.1) is 5.75 Å². The predicted molar refractivity (Wildman–Crippen MR) is 65.2 cm³/mol. The summed E-state index contributed by atoms with van der Waals surface area (Å²) in [6.45, 7) is 6.80. The molecule has 1 aliphatic carbocycles. The fourth-order valence-corrected chi connectivity index (χ4v) is 4.00. The van der Waals surface area contributed by atoms with Crippen LogP contribution in [-0.4, -0.2) is 22.1 Å². The van der Waals surface area contributed by atoms with Crippen LogP contribution in [0.1, 0.15) is 40.0 Å². The first-order valence-corrected chi connectivity index (χ1v) is 6.89. The maximum atomic E-state index is 10.6. The SMILES string of the molecule is CC1CCC(C(C)C)C(SCC(=O)O)C1. The third kappa shape index (κ3) is 4.06. The minimum atomic E-state index is -0.680. The fraction of sp³-hybridized carbons (Fsp3) is 0.917. The largest absolute Gasteiger partial charge is 0.481 e. The molecule has 0 aliphatic heterocycles. The number of aliphatic carboxylic acids is 1. The molecule has 0 aromatic carbocycles. The number of rotatable bonds is 4. The van der Waals surface area contributed by atoms with Crippen LogP contribution in [0.15, 0.2) is 0 Å². The monoisotopic (exact) mass is 230 g/mol. The maximum absolute atomic E-state index is 10.6. The Bertz CT molecular complexity index is 216. The van der Waals surface area contributed by atoms with Gasteiger partial charge >= 0.3 is 5.97 Å². The van der Waals surface area contributed by atoms with Gasteiger partial charge in [0, 0.05) is 5.25 Å². The lowest BCUT2D eigenvalue weighted by Crippen LogP contribution is -2.30. The molecular formula is C12H22O2S. The van der Waals surface area contributed by atoms with Crippen LogP contribution in [0.5, 0.6) is 0 Å². The third-order valence-electron chi connectivity index (χ3n) is 3.38. The standard InChI is InChI=1S/C12H22O2S/c1-8(2)10-5-4-9(3)6-11(10)15-7-12(13)14/h8-11H,4-7H2,1-3H3,(H,13,14). The van der Waals surface area contributed by atoms with E-state index in [0.29, 0.717) is 17.1 Å². The van der Waals surface area contributed by atoms with E-state index in [1.165, 1.54) is 19.3 Å². The van der Waals surface area contributed by atoms with Crippen molar-refractivity contribution < 1.29 is 9.90 Å². The number of carboxylic acid groups (broad SMARTS) is 1. The van der Waals surface area contributed by atoms with Gasteiger partial charge in [-0.2, -0.15) is 0 Å². The van der Waals surface area contributed by atoms with E-state index < -0.39 is 5.97 Å². The molecule has 3 unspecified atom stereocenters. The first-order valence-electron chi connectivity index (χ1n) is 5.84. The Morgan fingerprint density at radius 2 is 2.13 bits per heavy atom. The molecule has 0 aromatic heterocycles. The highest BCUT2D eigenvalue weighted by atomic mass is 32.2. The van der Waals surface area contributed by atoms with Gasteiger partial charge in [-0.05, 0) is 30.6 Å². The second-order valence-electron chi connectivity index (χ2n) is 5.07. The Labute approximate surface area is 96.8 Å². The molecule has 88 valence electrons. The quantitative estimate of drug-likeness (QED) is 0.805. The highest BCUT2D eigenvalue weighted by Crippen LogP contribution is 2.39. The van der Waals surface area contributed by atoms with E-state index in [1.54, 1.807) is 11.8 Å². The summed E-state index contributed by atoms with van der Waals surface area (Å²) >= 11 is 1.65. The molecule has 1 fully saturated rings. The van der Waals surface area contributed by atoms with Crippen LogP contribution in [0.4, 0.5) is 0 Å². The van der Waals surface area contributed by atoms with Crippen molar-refractivity contribution in [2.24, 2.45) is 17.8 Å². The van der Waals surface area contributed by atoms with Crippen molar-refractivity contribution in [3.63, 3.8) is 0 Å². The molecule has 0 radical (unpaired) electrons. The van der Waals surface area contributed by atoms with E-state index in [4.69, 9.17) is 5.11 Å². The normalized spacial score (nSPS) is 31.9. The molecule has 0 heterocycles. The minimum Gasteiger partial charge on any atom is -0.481 e. The second-order valence-corrected chi connectivity index (χ2v) is 6.30. The Morgan fingerprint density at radius 3 is 2.67 bits per heavy atom. The lowest BCUT2D eigenvalue weighted by Gasteiger charge is -2.36. The van der Waals surface area contributed by atoms with E-state index in [9.17, 15) is 4.79 Å². The zero-order chi connectivity index (χ0) is 11.4. The van der Waals surface area contributed by atoms with Crippen LogP contribution >= 0.6 is 11.8 Å². The average Bonchev–Trinajstić information content (AvgIpc) is 2.14. The van der Waals surface area contributed by atoms with Crippen LogP contribution < -0.4 is 0 Å². The molecule has 0 amide bonds. The number of hydrogen-bond acceptors (Lipinski definition) is 2. The van der Waals surface area contributed by atoms with Gasteiger partial charge in [-0.1, -0.05) is 27.2 Å². The smallest absolute Gasteiger partial charge is 0.313 e. The van der Waals surface area contributed by atoms with Gasteiger partial charge in [0.2, 0.25) is 0 Å². The summed E-state index contributed by atoms with van der Waals surface area (Å²) in [6, 6.07) is 0. The van der Waals surface area contributed by atoms with Crippen molar-refractivity contribution in [3.8, 4) is 0 Å². The summed E-state index contributed by atoms with van der Waals surface area (Å²) in [5, 5.41) is 9.27. The molecule has 1 saturated carbocycles. The molecule has 0 saturated heterocycles. The second kappa shape index (κ2) is 5.78. The Morgan fingerprint density at radius 1 is 1.47 bits per heavy atom. The summed E-state index contributed by atoms with van der Waals surface area (Å²) in [5.74, 6) is 1.75.